The van der Waals surface area contributed by atoms with Gasteiger partial charge in [0.05, 0.1) is 10.9 Å². The molecule has 2 heterocycles. The van der Waals surface area contributed by atoms with Gasteiger partial charge in [0.2, 0.25) is 15.9 Å². The normalized spacial score (nSPS) is 23.2. The summed E-state index contributed by atoms with van der Waals surface area (Å²) in [6, 6.07) is 4.41. The van der Waals surface area contributed by atoms with Crippen LogP contribution < -0.4 is 0 Å². The summed E-state index contributed by atoms with van der Waals surface area (Å²) in [4.78, 5) is 14.7. The van der Waals surface area contributed by atoms with Crippen LogP contribution in [0.5, 0.6) is 0 Å². The second-order valence-electron chi connectivity index (χ2n) is 7.28. The molecule has 0 spiro atoms. The van der Waals surface area contributed by atoms with E-state index < -0.39 is 10.0 Å². The molecule has 1 aromatic rings. The summed E-state index contributed by atoms with van der Waals surface area (Å²) >= 11 is 12.0. The molecule has 3 rings (SSSR count). The highest BCUT2D eigenvalue weighted by Crippen LogP contribution is 2.31. The minimum absolute atomic E-state index is 0.00608. The molecule has 1 aromatic carbocycles. The molecule has 8 heteroatoms. The van der Waals surface area contributed by atoms with E-state index in [2.05, 4.69) is 6.92 Å². The number of hydrogen-bond acceptors (Lipinski definition) is 3. The summed E-state index contributed by atoms with van der Waals surface area (Å²) in [5.41, 5.74) is 0. The van der Waals surface area contributed by atoms with E-state index in [-0.39, 0.29) is 28.3 Å². The van der Waals surface area contributed by atoms with Gasteiger partial charge in [0.25, 0.3) is 0 Å². The summed E-state index contributed by atoms with van der Waals surface area (Å²) in [7, 11) is -3.77. The maximum Gasteiger partial charge on any atom is 0.244 e. The van der Waals surface area contributed by atoms with Gasteiger partial charge in [0.1, 0.15) is 4.90 Å². The highest BCUT2D eigenvalue weighted by molar-refractivity contribution is 7.89. The van der Waals surface area contributed by atoms with Crippen molar-refractivity contribution in [2.24, 2.45) is 11.8 Å². The van der Waals surface area contributed by atoms with Crippen LogP contribution in [0.15, 0.2) is 23.1 Å². The quantitative estimate of drug-likeness (QED) is 0.752. The lowest BCUT2D eigenvalue weighted by molar-refractivity contribution is -0.138. The van der Waals surface area contributed by atoms with Crippen LogP contribution in [-0.2, 0) is 14.8 Å². The van der Waals surface area contributed by atoms with Crippen molar-refractivity contribution < 1.29 is 13.2 Å². The molecule has 1 amide bonds. The fourth-order valence-corrected chi connectivity index (χ4v) is 5.92. The molecule has 144 valence electrons. The van der Waals surface area contributed by atoms with Crippen molar-refractivity contribution in [3.05, 3.63) is 28.2 Å². The van der Waals surface area contributed by atoms with Gasteiger partial charge >= 0.3 is 0 Å². The Balaban J connectivity index is 1.75. The van der Waals surface area contributed by atoms with Crippen LogP contribution in [0.1, 0.15) is 32.6 Å². The van der Waals surface area contributed by atoms with Crippen molar-refractivity contribution in [3.8, 4) is 0 Å². The summed E-state index contributed by atoms with van der Waals surface area (Å²) in [6.07, 6.45) is 3.41. The zero-order valence-electron chi connectivity index (χ0n) is 14.8. The predicted octanol–water partition coefficient (Wildman–Crippen LogP) is 3.65. The lowest BCUT2D eigenvalue weighted by Gasteiger charge is -2.37. The summed E-state index contributed by atoms with van der Waals surface area (Å²) in [6.45, 7) is 4.33. The molecule has 5 nitrogen and oxygen atoms in total. The first-order valence-electron chi connectivity index (χ1n) is 9.03. The van der Waals surface area contributed by atoms with E-state index in [4.69, 9.17) is 23.2 Å². The van der Waals surface area contributed by atoms with Gasteiger partial charge in [-0.15, -0.1) is 0 Å². The Bertz CT molecular complexity index is 777. The Morgan fingerprint density at radius 1 is 1.12 bits per heavy atom. The second-order valence-corrected chi connectivity index (χ2v) is 10.0. The number of carbonyl (C=O) groups is 1. The van der Waals surface area contributed by atoms with E-state index in [1.807, 2.05) is 4.90 Å². The predicted molar refractivity (Wildman–Crippen MR) is 103 cm³/mol. The van der Waals surface area contributed by atoms with Crippen molar-refractivity contribution in [1.82, 2.24) is 9.21 Å². The SMILES string of the molecule is CC1CCN(C(=O)[C@@H]2CCCN(S(=O)(=O)c3cc(Cl)ccc3Cl)C2)CC1. The van der Waals surface area contributed by atoms with E-state index in [1.54, 1.807) is 6.07 Å². The standard InChI is InChI=1S/C18H24Cl2N2O3S/c1-13-6-9-21(10-7-13)18(23)14-3-2-8-22(12-14)26(24,25)17-11-15(19)4-5-16(17)20/h4-5,11,13-14H,2-3,6-10,12H2,1H3/t14-/m1/s1. The number of nitrogens with zero attached hydrogens (tertiary/aromatic N) is 2. The van der Waals surface area contributed by atoms with Gasteiger partial charge in [-0.25, -0.2) is 8.42 Å². The van der Waals surface area contributed by atoms with Gasteiger partial charge < -0.3 is 4.90 Å². The summed E-state index contributed by atoms with van der Waals surface area (Å²) < 4.78 is 27.4. The number of halogens is 2. The van der Waals surface area contributed by atoms with Crippen molar-refractivity contribution in [2.75, 3.05) is 26.2 Å². The van der Waals surface area contributed by atoms with Crippen LogP contribution in [0.25, 0.3) is 0 Å². The Morgan fingerprint density at radius 3 is 2.50 bits per heavy atom. The molecule has 26 heavy (non-hydrogen) atoms. The van der Waals surface area contributed by atoms with Crippen LogP contribution in [0, 0.1) is 11.8 Å². The molecule has 2 aliphatic rings. The van der Waals surface area contributed by atoms with E-state index in [1.165, 1.54) is 16.4 Å². The fraction of sp³-hybridized carbons (Fsp3) is 0.611. The van der Waals surface area contributed by atoms with Crippen LogP contribution in [0.2, 0.25) is 10.0 Å². The number of benzene rings is 1. The van der Waals surface area contributed by atoms with Crippen LogP contribution in [-0.4, -0.2) is 49.7 Å². The number of carbonyl (C=O) groups excluding carboxylic acids is 1. The van der Waals surface area contributed by atoms with Gasteiger partial charge in [-0.05, 0) is 49.8 Å². The molecule has 0 aliphatic carbocycles. The van der Waals surface area contributed by atoms with Crippen molar-refractivity contribution in [2.45, 2.75) is 37.5 Å². The smallest absolute Gasteiger partial charge is 0.244 e. The maximum atomic E-state index is 13.0. The Morgan fingerprint density at radius 2 is 1.81 bits per heavy atom. The topological polar surface area (TPSA) is 57.7 Å². The van der Waals surface area contributed by atoms with Crippen molar-refractivity contribution in [1.29, 1.82) is 0 Å². The fourth-order valence-electron chi connectivity index (χ4n) is 3.66. The van der Waals surface area contributed by atoms with E-state index in [9.17, 15) is 13.2 Å². The van der Waals surface area contributed by atoms with Gasteiger partial charge in [0.15, 0.2) is 0 Å². The van der Waals surface area contributed by atoms with Gasteiger partial charge in [-0.1, -0.05) is 30.1 Å². The van der Waals surface area contributed by atoms with Crippen LogP contribution in [0.4, 0.5) is 0 Å². The number of sulfonamides is 1. The van der Waals surface area contributed by atoms with Crippen LogP contribution >= 0.6 is 23.2 Å². The largest absolute Gasteiger partial charge is 0.342 e. The molecule has 1 atom stereocenters. The highest BCUT2D eigenvalue weighted by atomic mass is 35.5. The average Bonchev–Trinajstić information content (AvgIpc) is 2.64. The van der Waals surface area contributed by atoms with E-state index >= 15 is 0 Å². The molecule has 2 saturated heterocycles. The second kappa shape index (κ2) is 8.05. The maximum absolute atomic E-state index is 13.0. The highest BCUT2D eigenvalue weighted by Gasteiger charge is 2.36. The van der Waals surface area contributed by atoms with Gasteiger partial charge in [-0.2, -0.15) is 4.31 Å². The van der Waals surface area contributed by atoms with Crippen molar-refractivity contribution >= 4 is 39.1 Å². The molecule has 0 bridgehead atoms. The number of likely N-dealkylation sites (tertiary alicyclic amines) is 1. The summed E-state index contributed by atoms with van der Waals surface area (Å²) in [5, 5.41) is 0.466. The molecular weight excluding hydrogens is 395 g/mol. The Hall–Kier alpha value is -0.820. The molecule has 0 unspecified atom stereocenters. The third-order valence-corrected chi connectivity index (χ3v) is 7.92. The lowest BCUT2D eigenvalue weighted by atomic mass is 9.94. The number of hydrogen-bond donors (Lipinski definition) is 0. The number of piperidine rings is 2. The Labute approximate surface area is 165 Å². The first kappa shape index (κ1) is 19.9. The van der Waals surface area contributed by atoms with Crippen molar-refractivity contribution in [3.63, 3.8) is 0 Å². The first-order chi connectivity index (χ1) is 12.3. The number of rotatable bonds is 3. The molecule has 0 aromatic heterocycles. The Kier molecular flexibility index (Phi) is 6.17. The third kappa shape index (κ3) is 4.19. The minimum Gasteiger partial charge on any atom is -0.342 e. The molecular formula is C18H24Cl2N2O3S. The number of amides is 1. The van der Waals surface area contributed by atoms with Gasteiger partial charge in [0, 0.05) is 31.2 Å². The third-order valence-electron chi connectivity index (χ3n) is 5.34. The lowest BCUT2D eigenvalue weighted by Crippen LogP contribution is -2.48. The van der Waals surface area contributed by atoms with E-state index in [0.29, 0.717) is 23.9 Å². The average molecular weight is 419 g/mol. The molecule has 2 fully saturated rings. The molecule has 0 N–H and O–H groups in total. The summed E-state index contributed by atoms with van der Waals surface area (Å²) in [5.74, 6) is 0.436. The molecule has 0 radical (unpaired) electrons. The van der Waals surface area contributed by atoms with E-state index in [0.717, 1.165) is 32.4 Å². The zero-order chi connectivity index (χ0) is 18.9. The minimum atomic E-state index is -3.77. The monoisotopic (exact) mass is 418 g/mol. The van der Waals surface area contributed by atoms with Crippen LogP contribution in [0.3, 0.4) is 0 Å². The molecule has 0 saturated carbocycles. The molecule has 2 aliphatic heterocycles. The zero-order valence-corrected chi connectivity index (χ0v) is 17.2. The van der Waals surface area contributed by atoms with Gasteiger partial charge in [-0.3, -0.25) is 4.79 Å². The first-order valence-corrected chi connectivity index (χ1v) is 11.2.